The van der Waals surface area contributed by atoms with Crippen molar-refractivity contribution in [2.75, 3.05) is 36.5 Å². The fourth-order valence-corrected chi connectivity index (χ4v) is 4.39. The number of nitrogens with one attached hydrogen (secondary N) is 1. The molecule has 1 aromatic rings. The van der Waals surface area contributed by atoms with Crippen LogP contribution in [0.15, 0.2) is 24.3 Å². The standard InChI is InChI=1S/C19H27N3O2S/c1-14(2)22-13-16(11-18(22)23)19(24)20-17-5-3-4-15(10-17)12-21-6-8-25-9-7-21/h3-5,10,14,16H,6-9,11-13H2,1-2H3,(H,20,24). The van der Waals surface area contributed by atoms with Crippen LogP contribution in [0.1, 0.15) is 25.8 Å². The van der Waals surface area contributed by atoms with E-state index in [2.05, 4.69) is 22.3 Å². The number of thioether (sulfide) groups is 1. The Balaban J connectivity index is 1.58. The van der Waals surface area contributed by atoms with Crippen LogP contribution in [0.2, 0.25) is 0 Å². The molecule has 3 rings (SSSR count). The fraction of sp³-hybridized carbons (Fsp3) is 0.579. The molecule has 136 valence electrons. The molecule has 0 aliphatic carbocycles. The summed E-state index contributed by atoms with van der Waals surface area (Å²) in [6, 6.07) is 8.22. The number of anilines is 1. The molecule has 1 atom stereocenters. The van der Waals surface area contributed by atoms with Crippen molar-refractivity contribution in [1.29, 1.82) is 0 Å². The number of likely N-dealkylation sites (tertiary alicyclic amines) is 1. The molecule has 25 heavy (non-hydrogen) atoms. The molecule has 0 bridgehead atoms. The Bertz CT molecular complexity index is 629. The summed E-state index contributed by atoms with van der Waals surface area (Å²) in [4.78, 5) is 28.8. The number of rotatable bonds is 5. The fourth-order valence-electron chi connectivity index (χ4n) is 3.42. The van der Waals surface area contributed by atoms with E-state index in [4.69, 9.17) is 0 Å². The van der Waals surface area contributed by atoms with Gasteiger partial charge < -0.3 is 10.2 Å². The largest absolute Gasteiger partial charge is 0.339 e. The summed E-state index contributed by atoms with van der Waals surface area (Å²) in [5.41, 5.74) is 2.04. The zero-order valence-electron chi connectivity index (χ0n) is 15.0. The topological polar surface area (TPSA) is 52.7 Å². The number of hydrogen-bond donors (Lipinski definition) is 1. The molecule has 0 spiro atoms. The van der Waals surface area contributed by atoms with Gasteiger partial charge in [-0.3, -0.25) is 14.5 Å². The highest BCUT2D eigenvalue weighted by molar-refractivity contribution is 7.99. The van der Waals surface area contributed by atoms with Gasteiger partial charge in [0.15, 0.2) is 0 Å². The van der Waals surface area contributed by atoms with Crippen molar-refractivity contribution < 1.29 is 9.59 Å². The molecular weight excluding hydrogens is 334 g/mol. The first-order chi connectivity index (χ1) is 12.0. The molecule has 2 aliphatic rings. The normalized spacial score (nSPS) is 21.8. The zero-order chi connectivity index (χ0) is 17.8. The van der Waals surface area contributed by atoms with Gasteiger partial charge in [-0.25, -0.2) is 0 Å². The molecule has 1 aromatic carbocycles. The minimum absolute atomic E-state index is 0.0528. The lowest BCUT2D eigenvalue weighted by Gasteiger charge is -2.26. The van der Waals surface area contributed by atoms with Crippen molar-refractivity contribution >= 4 is 29.3 Å². The summed E-state index contributed by atoms with van der Waals surface area (Å²) < 4.78 is 0. The van der Waals surface area contributed by atoms with Crippen molar-refractivity contribution in [2.24, 2.45) is 5.92 Å². The van der Waals surface area contributed by atoms with Gasteiger partial charge in [-0.05, 0) is 31.5 Å². The van der Waals surface area contributed by atoms with Crippen LogP contribution in [0.4, 0.5) is 5.69 Å². The maximum absolute atomic E-state index is 12.5. The van der Waals surface area contributed by atoms with E-state index in [1.807, 2.05) is 37.7 Å². The molecular formula is C19H27N3O2S. The van der Waals surface area contributed by atoms with Crippen LogP contribution in [0, 0.1) is 5.92 Å². The Morgan fingerprint density at radius 2 is 2.08 bits per heavy atom. The summed E-state index contributed by atoms with van der Waals surface area (Å²) in [5, 5.41) is 3.00. The monoisotopic (exact) mass is 361 g/mol. The first-order valence-electron chi connectivity index (χ1n) is 9.02. The SMILES string of the molecule is CC(C)N1CC(C(=O)Nc2cccc(CN3CCSCC3)c2)CC1=O. The van der Waals surface area contributed by atoms with E-state index in [0.717, 1.165) is 25.3 Å². The maximum atomic E-state index is 12.5. The van der Waals surface area contributed by atoms with Crippen LogP contribution >= 0.6 is 11.8 Å². The van der Waals surface area contributed by atoms with Crippen molar-refractivity contribution in [3.63, 3.8) is 0 Å². The Kier molecular flexibility index (Phi) is 6.02. The number of carbonyl (C=O) groups is 2. The third-order valence-corrected chi connectivity index (χ3v) is 5.80. The Labute approximate surface area is 154 Å². The molecule has 2 saturated heterocycles. The van der Waals surface area contributed by atoms with E-state index >= 15 is 0 Å². The van der Waals surface area contributed by atoms with Crippen molar-refractivity contribution in [3.05, 3.63) is 29.8 Å². The molecule has 0 saturated carbocycles. The summed E-state index contributed by atoms with van der Waals surface area (Å²) in [6.45, 7) is 7.66. The predicted octanol–water partition coefficient (Wildman–Crippen LogP) is 2.43. The molecule has 0 aromatic heterocycles. The smallest absolute Gasteiger partial charge is 0.229 e. The average molecular weight is 362 g/mol. The molecule has 1 N–H and O–H groups in total. The van der Waals surface area contributed by atoms with Crippen LogP contribution in [0.5, 0.6) is 0 Å². The van der Waals surface area contributed by atoms with E-state index in [0.29, 0.717) is 13.0 Å². The highest BCUT2D eigenvalue weighted by atomic mass is 32.2. The number of carbonyl (C=O) groups excluding carboxylic acids is 2. The van der Waals surface area contributed by atoms with Gasteiger partial charge in [-0.1, -0.05) is 12.1 Å². The van der Waals surface area contributed by atoms with Crippen molar-refractivity contribution in [1.82, 2.24) is 9.80 Å². The average Bonchev–Trinajstić information content (AvgIpc) is 2.98. The maximum Gasteiger partial charge on any atom is 0.229 e. The highest BCUT2D eigenvalue weighted by Crippen LogP contribution is 2.22. The molecule has 1 unspecified atom stereocenters. The van der Waals surface area contributed by atoms with Gasteiger partial charge >= 0.3 is 0 Å². The number of amides is 2. The number of hydrogen-bond acceptors (Lipinski definition) is 4. The van der Waals surface area contributed by atoms with Gasteiger partial charge in [0.1, 0.15) is 0 Å². The quantitative estimate of drug-likeness (QED) is 0.875. The summed E-state index contributed by atoms with van der Waals surface area (Å²) in [7, 11) is 0. The van der Waals surface area contributed by atoms with Gasteiger partial charge in [-0.15, -0.1) is 0 Å². The Hall–Kier alpha value is -1.53. The second kappa shape index (κ2) is 8.23. The van der Waals surface area contributed by atoms with Crippen LogP contribution in [-0.2, 0) is 16.1 Å². The first kappa shape index (κ1) is 18.3. The van der Waals surface area contributed by atoms with Gasteiger partial charge in [0.25, 0.3) is 0 Å². The van der Waals surface area contributed by atoms with Crippen molar-refractivity contribution in [2.45, 2.75) is 32.9 Å². The van der Waals surface area contributed by atoms with Crippen LogP contribution < -0.4 is 5.32 Å². The van der Waals surface area contributed by atoms with Gasteiger partial charge in [-0.2, -0.15) is 11.8 Å². The lowest BCUT2D eigenvalue weighted by Crippen LogP contribution is -2.33. The molecule has 0 radical (unpaired) electrons. The third kappa shape index (κ3) is 4.76. The molecule has 2 aliphatic heterocycles. The highest BCUT2D eigenvalue weighted by Gasteiger charge is 2.35. The molecule has 2 heterocycles. The Morgan fingerprint density at radius 1 is 1.32 bits per heavy atom. The lowest BCUT2D eigenvalue weighted by atomic mass is 10.1. The zero-order valence-corrected chi connectivity index (χ0v) is 15.8. The van der Waals surface area contributed by atoms with E-state index in [1.54, 1.807) is 4.90 Å². The lowest BCUT2D eigenvalue weighted by molar-refractivity contribution is -0.129. The van der Waals surface area contributed by atoms with Crippen LogP contribution in [0.25, 0.3) is 0 Å². The van der Waals surface area contributed by atoms with Crippen molar-refractivity contribution in [3.8, 4) is 0 Å². The van der Waals surface area contributed by atoms with Gasteiger partial charge in [0.2, 0.25) is 11.8 Å². The minimum Gasteiger partial charge on any atom is -0.339 e. The third-order valence-electron chi connectivity index (χ3n) is 4.86. The summed E-state index contributed by atoms with van der Waals surface area (Å²) >= 11 is 2.01. The second-order valence-electron chi connectivity index (χ2n) is 7.12. The number of nitrogens with zero attached hydrogens (tertiary/aromatic N) is 2. The summed E-state index contributed by atoms with van der Waals surface area (Å²) in [6.07, 6.45) is 0.315. The summed E-state index contributed by atoms with van der Waals surface area (Å²) in [5.74, 6) is 2.16. The van der Waals surface area contributed by atoms with E-state index in [-0.39, 0.29) is 23.8 Å². The number of benzene rings is 1. The van der Waals surface area contributed by atoms with Crippen LogP contribution in [-0.4, -0.2) is 58.8 Å². The predicted molar refractivity (Wildman–Crippen MR) is 103 cm³/mol. The Morgan fingerprint density at radius 3 is 2.76 bits per heavy atom. The van der Waals surface area contributed by atoms with Gasteiger partial charge in [0.05, 0.1) is 5.92 Å². The van der Waals surface area contributed by atoms with E-state index in [9.17, 15) is 9.59 Å². The minimum atomic E-state index is -0.252. The van der Waals surface area contributed by atoms with E-state index in [1.165, 1.54) is 17.1 Å². The van der Waals surface area contributed by atoms with E-state index < -0.39 is 0 Å². The second-order valence-corrected chi connectivity index (χ2v) is 8.34. The van der Waals surface area contributed by atoms with Gasteiger partial charge in [0, 0.05) is 55.8 Å². The van der Waals surface area contributed by atoms with Crippen LogP contribution in [0.3, 0.4) is 0 Å². The molecule has 2 fully saturated rings. The first-order valence-corrected chi connectivity index (χ1v) is 10.2. The molecule has 6 heteroatoms. The molecule has 2 amide bonds. The molecule has 5 nitrogen and oxygen atoms in total.